The zero-order chi connectivity index (χ0) is 13.9. The normalized spacial score (nSPS) is 18.1. The molecule has 106 valence electrons. The summed E-state index contributed by atoms with van der Waals surface area (Å²) < 4.78 is 0. The topological polar surface area (TPSA) is 50.9 Å². The highest BCUT2D eigenvalue weighted by Gasteiger charge is 2.20. The van der Waals surface area contributed by atoms with Crippen molar-refractivity contribution in [2.75, 3.05) is 11.1 Å². The minimum absolute atomic E-state index is 0.502. The van der Waals surface area contributed by atoms with Gasteiger partial charge >= 0.3 is 0 Å². The summed E-state index contributed by atoms with van der Waals surface area (Å²) in [6.45, 7) is 2.30. The van der Waals surface area contributed by atoms with Crippen molar-refractivity contribution >= 4 is 22.1 Å². The number of benzene rings is 1. The first-order chi connectivity index (χ1) is 9.75. The van der Waals surface area contributed by atoms with Crippen molar-refractivity contribution in [3.05, 3.63) is 30.6 Å². The predicted octanol–water partition coefficient (Wildman–Crippen LogP) is 4.20. The number of pyridine rings is 1. The fourth-order valence-electron chi connectivity index (χ4n) is 3.34. The molecule has 1 aliphatic carbocycles. The quantitative estimate of drug-likeness (QED) is 0.821. The Morgan fingerprint density at radius 1 is 1.15 bits per heavy atom. The van der Waals surface area contributed by atoms with E-state index in [1.807, 2.05) is 18.3 Å². The van der Waals surface area contributed by atoms with E-state index in [0.717, 1.165) is 28.1 Å². The SMILES string of the molecule is CC(Nc1ccc(N)c2ccncc12)C1CCCCC1. The summed E-state index contributed by atoms with van der Waals surface area (Å²) in [5.74, 6) is 0.785. The Morgan fingerprint density at radius 2 is 1.95 bits per heavy atom. The van der Waals surface area contributed by atoms with Gasteiger partial charge in [-0.05, 0) is 43.9 Å². The Bertz CT molecular complexity index is 588. The number of nitrogens with one attached hydrogen (secondary N) is 1. The van der Waals surface area contributed by atoms with Gasteiger partial charge in [-0.15, -0.1) is 0 Å². The Kier molecular flexibility index (Phi) is 3.77. The van der Waals surface area contributed by atoms with Gasteiger partial charge in [-0.25, -0.2) is 0 Å². The molecule has 1 saturated carbocycles. The number of rotatable bonds is 3. The zero-order valence-corrected chi connectivity index (χ0v) is 12.1. The Balaban J connectivity index is 1.85. The third-order valence-electron chi connectivity index (χ3n) is 4.59. The predicted molar refractivity (Wildman–Crippen MR) is 85.8 cm³/mol. The highest BCUT2D eigenvalue weighted by molar-refractivity contribution is 6.00. The van der Waals surface area contributed by atoms with Crippen LogP contribution in [0.1, 0.15) is 39.0 Å². The first-order valence-corrected chi connectivity index (χ1v) is 7.64. The summed E-state index contributed by atoms with van der Waals surface area (Å²) in [5, 5.41) is 5.89. The van der Waals surface area contributed by atoms with E-state index in [9.17, 15) is 0 Å². The number of fused-ring (bicyclic) bond motifs is 1. The van der Waals surface area contributed by atoms with Crippen molar-refractivity contribution in [3.63, 3.8) is 0 Å². The van der Waals surface area contributed by atoms with Gasteiger partial charge < -0.3 is 11.1 Å². The molecule has 2 aromatic rings. The second-order valence-electron chi connectivity index (χ2n) is 5.95. The van der Waals surface area contributed by atoms with Crippen LogP contribution in [0, 0.1) is 5.92 Å². The zero-order valence-electron chi connectivity index (χ0n) is 12.1. The highest BCUT2D eigenvalue weighted by Crippen LogP contribution is 2.31. The molecule has 0 aliphatic heterocycles. The van der Waals surface area contributed by atoms with Crippen LogP contribution in [-0.4, -0.2) is 11.0 Å². The molecule has 1 aliphatic rings. The maximum absolute atomic E-state index is 6.04. The van der Waals surface area contributed by atoms with E-state index in [0.29, 0.717) is 6.04 Å². The molecule has 1 heterocycles. The van der Waals surface area contributed by atoms with E-state index in [-0.39, 0.29) is 0 Å². The molecule has 0 spiro atoms. The monoisotopic (exact) mass is 269 g/mol. The number of hydrogen-bond donors (Lipinski definition) is 2. The molecule has 3 rings (SSSR count). The number of hydrogen-bond acceptors (Lipinski definition) is 3. The average molecular weight is 269 g/mol. The molecule has 20 heavy (non-hydrogen) atoms. The van der Waals surface area contributed by atoms with Crippen LogP contribution in [0.3, 0.4) is 0 Å². The van der Waals surface area contributed by atoms with Crippen molar-refractivity contribution in [3.8, 4) is 0 Å². The van der Waals surface area contributed by atoms with E-state index < -0.39 is 0 Å². The number of anilines is 2. The van der Waals surface area contributed by atoms with E-state index in [1.165, 1.54) is 32.1 Å². The van der Waals surface area contributed by atoms with Gasteiger partial charge in [0.2, 0.25) is 0 Å². The lowest BCUT2D eigenvalue weighted by Crippen LogP contribution is -2.27. The molecular formula is C17H23N3. The van der Waals surface area contributed by atoms with Crippen molar-refractivity contribution in [1.82, 2.24) is 4.98 Å². The maximum atomic E-state index is 6.04. The third-order valence-corrected chi connectivity index (χ3v) is 4.59. The van der Waals surface area contributed by atoms with Crippen molar-refractivity contribution in [1.29, 1.82) is 0 Å². The van der Waals surface area contributed by atoms with Gasteiger partial charge in [-0.2, -0.15) is 0 Å². The van der Waals surface area contributed by atoms with Crippen LogP contribution in [0.5, 0.6) is 0 Å². The van der Waals surface area contributed by atoms with Gasteiger partial charge in [0.05, 0.1) is 0 Å². The Labute approximate surface area is 120 Å². The van der Waals surface area contributed by atoms with Gasteiger partial charge in [-0.3, -0.25) is 4.98 Å². The van der Waals surface area contributed by atoms with Crippen LogP contribution in [0.15, 0.2) is 30.6 Å². The standard InChI is InChI=1S/C17H23N3/c1-12(13-5-3-2-4-6-13)20-17-8-7-16(18)14-9-10-19-11-15(14)17/h7-13,20H,2-6,18H2,1H3. The number of nitrogens with zero attached hydrogens (tertiary/aromatic N) is 1. The van der Waals surface area contributed by atoms with Gasteiger partial charge in [0.15, 0.2) is 0 Å². The smallest absolute Gasteiger partial charge is 0.0439 e. The molecule has 0 bridgehead atoms. The summed E-state index contributed by atoms with van der Waals surface area (Å²) >= 11 is 0. The average Bonchev–Trinajstić information content (AvgIpc) is 2.51. The lowest BCUT2D eigenvalue weighted by Gasteiger charge is -2.29. The van der Waals surface area contributed by atoms with Gasteiger partial charge in [0.25, 0.3) is 0 Å². The molecule has 3 heteroatoms. The molecule has 1 atom stereocenters. The van der Waals surface area contributed by atoms with E-state index >= 15 is 0 Å². The molecule has 1 fully saturated rings. The number of aromatic nitrogens is 1. The number of nitrogens with two attached hydrogens (primary N) is 1. The fraction of sp³-hybridized carbons (Fsp3) is 0.471. The molecular weight excluding hydrogens is 246 g/mol. The fourth-order valence-corrected chi connectivity index (χ4v) is 3.34. The summed E-state index contributed by atoms with van der Waals surface area (Å²) in [7, 11) is 0. The molecule has 1 unspecified atom stereocenters. The van der Waals surface area contributed by atoms with Crippen molar-refractivity contribution in [2.24, 2.45) is 5.92 Å². The minimum atomic E-state index is 0.502. The van der Waals surface area contributed by atoms with Crippen LogP contribution < -0.4 is 11.1 Å². The van der Waals surface area contributed by atoms with Crippen LogP contribution in [-0.2, 0) is 0 Å². The second kappa shape index (κ2) is 5.70. The molecule has 1 aromatic carbocycles. The maximum Gasteiger partial charge on any atom is 0.0439 e. The molecule has 0 radical (unpaired) electrons. The first-order valence-electron chi connectivity index (χ1n) is 7.64. The number of nitrogen functional groups attached to an aromatic ring is 1. The largest absolute Gasteiger partial charge is 0.398 e. The summed E-state index contributed by atoms with van der Waals surface area (Å²) in [4.78, 5) is 4.24. The van der Waals surface area contributed by atoms with E-state index in [1.54, 1.807) is 6.20 Å². The summed E-state index contributed by atoms with van der Waals surface area (Å²) in [6, 6.07) is 6.56. The molecule has 0 saturated heterocycles. The Hall–Kier alpha value is -1.77. The van der Waals surface area contributed by atoms with Gasteiger partial charge in [0, 0.05) is 40.6 Å². The van der Waals surface area contributed by atoms with Crippen molar-refractivity contribution < 1.29 is 0 Å². The van der Waals surface area contributed by atoms with Crippen LogP contribution in [0.2, 0.25) is 0 Å². The minimum Gasteiger partial charge on any atom is -0.398 e. The van der Waals surface area contributed by atoms with Gasteiger partial charge in [-0.1, -0.05) is 19.3 Å². The van der Waals surface area contributed by atoms with Crippen LogP contribution >= 0.6 is 0 Å². The molecule has 0 amide bonds. The van der Waals surface area contributed by atoms with Crippen LogP contribution in [0.25, 0.3) is 10.8 Å². The van der Waals surface area contributed by atoms with Crippen molar-refractivity contribution in [2.45, 2.75) is 45.1 Å². The highest BCUT2D eigenvalue weighted by atomic mass is 14.9. The third kappa shape index (κ3) is 2.58. The first kappa shape index (κ1) is 13.2. The summed E-state index contributed by atoms with van der Waals surface area (Å²) in [5.41, 5.74) is 8.01. The van der Waals surface area contributed by atoms with E-state index in [4.69, 9.17) is 5.73 Å². The lowest BCUT2D eigenvalue weighted by molar-refractivity contribution is 0.328. The molecule has 3 nitrogen and oxygen atoms in total. The Morgan fingerprint density at radius 3 is 2.75 bits per heavy atom. The molecule has 1 aromatic heterocycles. The molecule has 3 N–H and O–H groups in total. The van der Waals surface area contributed by atoms with E-state index in [2.05, 4.69) is 23.3 Å². The van der Waals surface area contributed by atoms with Crippen LogP contribution in [0.4, 0.5) is 11.4 Å². The summed E-state index contributed by atoms with van der Waals surface area (Å²) in [6.07, 6.45) is 10.5. The second-order valence-corrected chi connectivity index (χ2v) is 5.95. The lowest BCUT2D eigenvalue weighted by atomic mass is 9.84. The van der Waals surface area contributed by atoms with Gasteiger partial charge in [0.1, 0.15) is 0 Å².